The summed E-state index contributed by atoms with van der Waals surface area (Å²) in [5.41, 5.74) is 1.79. The summed E-state index contributed by atoms with van der Waals surface area (Å²) >= 11 is 0. The largest absolute Gasteiger partial charge is 0.496 e. The number of halogens is 2. The monoisotopic (exact) mass is 762 g/mol. The summed E-state index contributed by atoms with van der Waals surface area (Å²) in [6.45, 7) is 25.5. The molecular weight excluding hydrogens is 698 g/mol. The van der Waals surface area contributed by atoms with E-state index in [1.165, 1.54) is 11.7 Å². The number of aromatic nitrogens is 1. The number of alkyl halides is 2. The molecule has 0 aliphatic carbocycles. The summed E-state index contributed by atoms with van der Waals surface area (Å²) < 4.78 is 50.5. The Labute approximate surface area is 321 Å². The van der Waals surface area contributed by atoms with Crippen LogP contribution in [0.2, 0.25) is 0 Å². The van der Waals surface area contributed by atoms with Gasteiger partial charge in [-0.25, -0.2) is 23.2 Å². The van der Waals surface area contributed by atoms with Gasteiger partial charge in [0.2, 0.25) is 0 Å². The smallest absolute Gasteiger partial charge is 0.419 e. The minimum Gasteiger partial charge on any atom is -0.496 e. The van der Waals surface area contributed by atoms with E-state index >= 15 is 0 Å². The highest BCUT2D eigenvalue weighted by molar-refractivity contribution is 6.00. The molecule has 1 saturated heterocycles. The maximum absolute atomic E-state index is 13.6. The number of esters is 1. The number of carbonyl (C=O) groups excluding carboxylic acids is 3. The molecule has 1 N–H and O–H groups in total. The average Bonchev–Trinajstić information content (AvgIpc) is 3.57. The highest BCUT2D eigenvalue weighted by Gasteiger charge is 2.32. The van der Waals surface area contributed by atoms with Gasteiger partial charge in [-0.2, -0.15) is 0 Å². The van der Waals surface area contributed by atoms with Crippen LogP contribution in [0.1, 0.15) is 116 Å². The van der Waals surface area contributed by atoms with Crippen molar-refractivity contribution in [3.8, 4) is 5.75 Å². The van der Waals surface area contributed by atoms with E-state index in [-0.39, 0.29) is 17.8 Å². The summed E-state index contributed by atoms with van der Waals surface area (Å²) in [6, 6.07) is 8.22. The molecule has 11 nitrogen and oxygen atoms in total. The lowest BCUT2D eigenvalue weighted by molar-refractivity contribution is 0.0245. The number of nitrogens with one attached hydrogen (secondary N) is 1. The maximum atomic E-state index is 13.6. The molecule has 0 bridgehead atoms. The summed E-state index contributed by atoms with van der Waals surface area (Å²) in [5, 5.41) is 3.46. The molecule has 304 valence electrons. The van der Waals surface area contributed by atoms with Crippen LogP contribution in [0.15, 0.2) is 36.5 Å². The van der Waals surface area contributed by atoms with E-state index in [0.717, 1.165) is 16.5 Å². The van der Waals surface area contributed by atoms with Crippen molar-refractivity contribution in [1.82, 2.24) is 14.4 Å². The molecule has 0 spiro atoms. The maximum Gasteiger partial charge on any atom is 0.419 e. The quantitative estimate of drug-likeness (QED) is 0.177. The number of rotatable bonds is 8. The van der Waals surface area contributed by atoms with Gasteiger partial charge < -0.3 is 18.9 Å². The molecule has 13 heteroatoms. The Bertz CT molecular complexity index is 1660. The fourth-order valence-corrected chi connectivity index (χ4v) is 5.89. The number of ether oxygens (including phenoxy) is 4. The van der Waals surface area contributed by atoms with Crippen LogP contribution < -0.4 is 10.1 Å². The minimum absolute atomic E-state index is 0.115. The Balaban J connectivity index is 0.00000231. The number of benzene rings is 2. The van der Waals surface area contributed by atoms with E-state index in [9.17, 15) is 23.2 Å². The highest BCUT2D eigenvalue weighted by atomic mass is 19.3. The number of methoxy groups -OCH3 is 2. The second-order valence-corrected chi connectivity index (χ2v) is 13.9. The minimum atomic E-state index is -2.52. The van der Waals surface area contributed by atoms with Gasteiger partial charge in [0.1, 0.15) is 17.0 Å². The fraction of sp³-hybridized carbons (Fsp3) is 0.585. The van der Waals surface area contributed by atoms with Crippen molar-refractivity contribution in [3.05, 3.63) is 58.8 Å². The van der Waals surface area contributed by atoms with Gasteiger partial charge in [0.05, 0.1) is 37.5 Å². The molecule has 1 aliphatic heterocycles. The van der Waals surface area contributed by atoms with E-state index in [0.29, 0.717) is 36.5 Å². The van der Waals surface area contributed by atoms with E-state index in [2.05, 4.69) is 10.2 Å². The molecule has 1 amide bonds. The Hall–Kier alpha value is -4.23. The number of aryl methyl sites for hydroxylation is 1. The first-order chi connectivity index (χ1) is 25.4. The van der Waals surface area contributed by atoms with Crippen molar-refractivity contribution in [1.29, 1.82) is 0 Å². The van der Waals surface area contributed by atoms with Gasteiger partial charge in [-0.1, -0.05) is 47.6 Å². The summed E-state index contributed by atoms with van der Waals surface area (Å²) in [4.78, 5) is 42.4. The van der Waals surface area contributed by atoms with Crippen LogP contribution in [0.25, 0.3) is 10.9 Å². The first kappa shape index (κ1) is 47.8. The third kappa shape index (κ3) is 13.3. The normalized spacial score (nSPS) is 14.7. The van der Waals surface area contributed by atoms with Gasteiger partial charge in [0.25, 0.3) is 6.43 Å². The van der Waals surface area contributed by atoms with E-state index < -0.39 is 48.4 Å². The van der Waals surface area contributed by atoms with E-state index in [1.807, 2.05) is 60.6 Å². The Morgan fingerprint density at radius 1 is 0.889 bits per heavy atom. The van der Waals surface area contributed by atoms with Gasteiger partial charge in [-0.05, 0) is 83.9 Å². The molecule has 1 atom stereocenters. The molecule has 0 radical (unpaired) electrons. The highest BCUT2D eigenvalue weighted by Crippen LogP contribution is 2.37. The van der Waals surface area contributed by atoms with Crippen molar-refractivity contribution in [3.63, 3.8) is 0 Å². The number of anilines is 1. The van der Waals surface area contributed by atoms with Crippen molar-refractivity contribution >= 4 is 34.7 Å². The molecule has 54 heavy (non-hydrogen) atoms. The third-order valence-corrected chi connectivity index (χ3v) is 7.84. The van der Waals surface area contributed by atoms with Crippen LogP contribution in [0.5, 0.6) is 5.75 Å². The second-order valence-electron chi connectivity index (χ2n) is 13.9. The predicted molar refractivity (Wildman–Crippen MR) is 212 cm³/mol. The molecule has 4 rings (SSSR count). The van der Waals surface area contributed by atoms with Gasteiger partial charge in [-0.3, -0.25) is 19.7 Å². The molecule has 1 aromatic heterocycles. The standard InChI is InChI=1S/C35H46F2N4O7.3C2H6/c1-21-16-28(45-8)25(23-12-13-41(30(21)23)33(44)48-35(5,6)7)18-40-15-14-39(20-29(36)37)19-27(40)22-10-11-24(31(42)46-9)26(17-22)38-32(43)47-34(2,3)4;3*1-2/h10-13,16-17,27,29H,14-15,18-20H2,1-9H3,(H,38,43);3*1-2H3. The van der Waals surface area contributed by atoms with Crippen LogP contribution in [-0.2, 0) is 20.8 Å². The number of fused-ring (bicyclic) bond motifs is 1. The van der Waals surface area contributed by atoms with E-state index in [1.54, 1.807) is 77.9 Å². The molecule has 0 saturated carbocycles. The Morgan fingerprint density at radius 3 is 2.04 bits per heavy atom. The first-order valence-electron chi connectivity index (χ1n) is 18.8. The van der Waals surface area contributed by atoms with Crippen molar-refractivity contribution in [2.45, 2.75) is 120 Å². The molecule has 2 heterocycles. The van der Waals surface area contributed by atoms with Crippen LogP contribution in [0, 0.1) is 6.92 Å². The van der Waals surface area contributed by atoms with E-state index in [4.69, 9.17) is 18.9 Å². The second kappa shape index (κ2) is 21.6. The molecule has 1 aliphatic rings. The molecule has 1 fully saturated rings. The Kier molecular flexibility index (Phi) is 19.1. The molecule has 2 aromatic carbocycles. The fourth-order valence-electron chi connectivity index (χ4n) is 5.89. The number of hydrogen-bond donors (Lipinski definition) is 1. The lowest BCUT2D eigenvalue weighted by Crippen LogP contribution is -2.49. The third-order valence-electron chi connectivity index (χ3n) is 7.84. The van der Waals surface area contributed by atoms with Crippen LogP contribution in [0.4, 0.5) is 24.1 Å². The van der Waals surface area contributed by atoms with Crippen LogP contribution >= 0.6 is 0 Å². The lowest BCUT2D eigenvalue weighted by atomic mass is 9.97. The average molecular weight is 763 g/mol. The molecule has 3 aromatic rings. The number of nitrogens with zero attached hydrogens (tertiary/aromatic N) is 3. The number of carbonyl (C=O) groups is 3. The topological polar surface area (TPSA) is 112 Å². The van der Waals surface area contributed by atoms with Crippen LogP contribution in [-0.4, -0.2) is 90.5 Å². The van der Waals surface area contributed by atoms with Gasteiger partial charge in [0.15, 0.2) is 0 Å². The van der Waals surface area contributed by atoms with Crippen molar-refractivity contribution in [2.75, 3.05) is 45.7 Å². The lowest BCUT2D eigenvalue weighted by Gasteiger charge is -2.42. The van der Waals surface area contributed by atoms with Crippen LogP contribution in [0.3, 0.4) is 0 Å². The summed E-state index contributed by atoms with van der Waals surface area (Å²) in [7, 11) is 2.82. The molecule has 1 unspecified atom stereocenters. The summed E-state index contributed by atoms with van der Waals surface area (Å²) in [5.74, 6) is -0.0438. The number of hydrogen-bond acceptors (Lipinski definition) is 9. The van der Waals surface area contributed by atoms with Gasteiger partial charge in [-0.15, -0.1) is 0 Å². The first-order valence-corrected chi connectivity index (χ1v) is 18.8. The van der Waals surface area contributed by atoms with Gasteiger partial charge >= 0.3 is 18.2 Å². The predicted octanol–water partition coefficient (Wildman–Crippen LogP) is 10.1. The number of piperazine rings is 1. The zero-order chi connectivity index (χ0) is 41.6. The zero-order valence-electron chi connectivity index (χ0n) is 35.1. The number of amides is 1. The summed E-state index contributed by atoms with van der Waals surface area (Å²) in [6.07, 6.45) is -2.11. The zero-order valence-corrected chi connectivity index (χ0v) is 35.1. The SMILES string of the molecule is CC.CC.CC.COC(=O)c1ccc(C2CN(CC(F)F)CCN2Cc2c(OC)cc(C)c3c2ccn3C(=O)OC(C)(C)C)cc1NC(=O)OC(C)(C)C. The van der Waals surface area contributed by atoms with Crippen molar-refractivity contribution in [2.24, 2.45) is 0 Å². The van der Waals surface area contributed by atoms with Crippen molar-refractivity contribution < 1.29 is 42.1 Å². The molecular formula is C41H64F2N4O7. The van der Waals surface area contributed by atoms with Gasteiger partial charge in [0, 0.05) is 49.4 Å². The Morgan fingerprint density at radius 2 is 1.50 bits per heavy atom.